The molecule has 0 heterocycles. The molecule has 0 aromatic carbocycles. The zero-order chi connectivity index (χ0) is 11.1. The minimum Gasteiger partial charge on any atom is -1.00 e. The topological polar surface area (TPSA) is 37.3 Å². The van der Waals surface area contributed by atoms with E-state index in [0.717, 1.165) is 25.5 Å². The Morgan fingerprint density at radius 2 is 1.44 bits per heavy atom. The van der Waals surface area contributed by atoms with Crippen molar-refractivity contribution < 1.29 is 78.3 Å². The molecule has 0 amide bonds. The van der Waals surface area contributed by atoms with E-state index >= 15 is 0 Å². The van der Waals surface area contributed by atoms with Gasteiger partial charge in [-0.15, -0.1) is 0 Å². The van der Waals surface area contributed by atoms with Gasteiger partial charge in [-0.05, 0) is 12.8 Å². The van der Waals surface area contributed by atoms with Gasteiger partial charge in [0.1, 0.15) is 6.29 Å². The van der Waals surface area contributed by atoms with Gasteiger partial charge in [0.15, 0.2) is 0 Å². The molecule has 0 aliphatic rings. The number of unbranched alkanes of at least 4 members (excludes halogenated alkanes) is 6. The van der Waals surface area contributed by atoms with Crippen LogP contribution in [0.4, 0.5) is 0 Å². The molecule has 1 N–H and O–H groups in total. The van der Waals surface area contributed by atoms with Crippen molar-refractivity contribution in [2.24, 2.45) is 0 Å². The Hall–Kier alpha value is 1.75. The van der Waals surface area contributed by atoms with Crippen molar-refractivity contribution in [1.82, 2.24) is 0 Å². The number of rotatable bonds is 8. The molecule has 0 saturated heterocycles. The molecule has 0 saturated carbocycles. The standard InChI is InChI=1S/C6H14O.C6H12O.BrH.K/c2*1-2-3-4-5-6-7;;/h7H,2-6H2,1H3;6H,2-5H2,1H3;1H;/q;;;+1/p-1. The van der Waals surface area contributed by atoms with E-state index in [0.29, 0.717) is 6.61 Å². The number of carbonyl (C=O) groups is 1. The molecule has 0 bridgehead atoms. The Kier molecular flexibility index (Phi) is 49.5. The van der Waals surface area contributed by atoms with Crippen LogP contribution < -0.4 is 68.4 Å². The van der Waals surface area contributed by atoms with Gasteiger partial charge in [0, 0.05) is 13.0 Å². The molecule has 0 spiro atoms. The fourth-order valence-electron chi connectivity index (χ4n) is 1.02. The van der Waals surface area contributed by atoms with Crippen molar-refractivity contribution in [3.63, 3.8) is 0 Å². The van der Waals surface area contributed by atoms with E-state index in [1.165, 1.54) is 32.1 Å². The molecule has 0 aromatic rings. The summed E-state index contributed by atoms with van der Waals surface area (Å²) < 4.78 is 0. The van der Waals surface area contributed by atoms with Crippen molar-refractivity contribution in [3.8, 4) is 0 Å². The van der Waals surface area contributed by atoms with Gasteiger partial charge in [0.2, 0.25) is 0 Å². The molecule has 16 heavy (non-hydrogen) atoms. The Bertz CT molecular complexity index is 99.0. The molecule has 0 rings (SSSR count). The average molecular weight is 321 g/mol. The molecule has 0 aromatic heterocycles. The molecule has 4 heteroatoms. The molecule has 0 aliphatic carbocycles. The summed E-state index contributed by atoms with van der Waals surface area (Å²) in [6, 6.07) is 0. The van der Waals surface area contributed by atoms with Crippen molar-refractivity contribution in [3.05, 3.63) is 0 Å². The SMILES string of the molecule is CCCCCC=O.CCCCCCO.[Br-].[K+]. The first kappa shape index (κ1) is 26.3. The van der Waals surface area contributed by atoms with Gasteiger partial charge in [-0.25, -0.2) is 0 Å². The quantitative estimate of drug-likeness (QED) is 0.301. The smallest absolute Gasteiger partial charge is 1.00 e. The largest absolute Gasteiger partial charge is 1.00 e. The Morgan fingerprint density at radius 3 is 1.81 bits per heavy atom. The summed E-state index contributed by atoms with van der Waals surface area (Å²) in [6.07, 6.45) is 9.87. The minimum atomic E-state index is 0. The maximum absolute atomic E-state index is 9.68. The van der Waals surface area contributed by atoms with Crippen LogP contribution in [0.5, 0.6) is 0 Å². The zero-order valence-corrected chi connectivity index (χ0v) is 15.9. The van der Waals surface area contributed by atoms with Gasteiger partial charge in [-0.3, -0.25) is 0 Å². The molecule has 2 nitrogen and oxygen atoms in total. The Balaban J connectivity index is -0.0000000800. The number of aliphatic hydroxyl groups excluding tert-OH is 1. The third-order valence-corrected chi connectivity index (χ3v) is 1.94. The zero-order valence-electron chi connectivity index (χ0n) is 11.2. The summed E-state index contributed by atoms with van der Waals surface area (Å²) >= 11 is 0. The number of hydrogen-bond acceptors (Lipinski definition) is 2. The van der Waals surface area contributed by atoms with Gasteiger partial charge >= 0.3 is 51.4 Å². The third-order valence-electron chi connectivity index (χ3n) is 1.94. The summed E-state index contributed by atoms with van der Waals surface area (Å²) in [5.74, 6) is 0. The molecule has 0 aliphatic heterocycles. The van der Waals surface area contributed by atoms with Crippen molar-refractivity contribution in [1.29, 1.82) is 0 Å². The maximum atomic E-state index is 9.68. The van der Waals surface area contributed by atoms with Crippen LogP contribution in [0.15, 0.2) is 0 Å². The Morgan fingerprint density at radius 1 is 0.938 bits per heavy atom. The first-order chi connectivity index (χ1) is 6.83. The second-order valence-corrected chi connectivity index (χ2v) is 3.45. The van der Waals surface area contributed by atoms with Gasteiger partial charge in [0.05, 0.1) is 0 Å². The summed E-state index contributed by atoms with van der Waals surface area (Å²) in [5, 5.41) is 8.29. The second kappa shape index (κ2) is 30.1. The predicted molar refractivity (Wildman–Crippen MR) is 61.4 cm³/mol. The van der Waals surface area contributed by atoms with E-state index in [9.17, 15) is 4.79 Å². The monoisotopic (exact) mass is 320 g/mol. The van der Waals surface area contributed by atoms with Crippen LogP contribution in [0.3, 0.4) is 0 Å². The van der Waals surface area contributed by atoms with Crippen LogP contribution >= 0.6 is 0 Å². The average Bonchev–Trinajstić information content (AvgIpc) is 2.21. The van der Waals surface area contributed by atoms with E-state index in [4.69, 9.17) is 5.11 Å². The van der Waals surface area contributed by atoms with Crippen LogP contribution in [0.2, 0.25) is 0 Å². The summed E-state index contributed by atoms with van der Waals surface area (Å²) in [7, 11) is 0. The van der Waals surface area contributed by atoms with Gasteiger partial charge in [-0.2, -0.15) is 0 Å². The minimum absolute atomic E-state index is 0. The first-order valence-electron chi connectivity index (χ1n) is 5.87. The molecular weight excluding hydrogens is 295 g/mol. The second-order valence-electron chi connectivity index (χ2n) is 3.45. The summed E-state index contributed by atoms with van der Waals surface area (Å²) in [6.45, 7) is 4.65. The molecular formula is C12H26BrKO2. The normalized spacial score (nSPS) is 7.94. The van der Waals surface area contributed by atoms with Crippen LogP contribution in [-0.2, 0) is 4.79 Å². The number of aliphatic hydroxyl groups is 1. The molecule has 0 fully saturated rings. The number of aldehydes is 1. The van der Waals surface area contributed by atoms with Crippen LogP contribution in [0, 0.1) is 0 Å². The number of hydrogen-bond donors (Lipinski definition) is 1. The third kappa shape index (κ3) is 36.0. The van der Waals surface area contributed by atoms with Crippen molar-refractivity contribution in [2.45, 2.75) is 65.2 Å². The van der Waals surface area contributed by atoms with Gasteiger partial charge in [-0.1, -0.05) is 46.0 Å². The summed E-state index contributed by atoms with van der Waals surface area (Å²) in [4.78, 5) is 9.68. The van der Waals surface area contributed by atoms with Crippen LogP contribution in [-0.4, -0.2) is 18.0 Å². The van der Waals surface area contributed by atoms with Crippen LogP contribution in [0.25, 0.3) is 0 Å². The number of halogens is 1. The van der Waals surface area contributed by atoms with E-state index in [1.54, 1.807) is 0 Å². The molecule has 94 valence electrons. The van der Waals surface area contributed by atoms with Crippen LogP contribution in [0.1, 0.15) is 65.2 Å². The molecule has 0 atom stereocenters. The Labute approximate surface area is 154 Å². The fourth-order valence-corrected chi connectivity index (χ4v) is 1.02. The number of carbonyl (C=O) groups excluding carboxylic acids is 1. The van der Waals surface area contributed by atoms with Gasteiger partial charge in [0.25, 0.3) is 0 Å². The van der Waals surface area contributed by atoms with Gasteiger partial charge < -0.3 is 26.9 Å². The fraction of sp³-hybridized carbons (Fsp3) is 0.917. The van der Waals surface area contributed by atoms with E-state index in [1.807, 2.05) is 0 Å². The predicted octanol–water partition coefficient (Wildman–Crippen LogP) is -2.67. The first-order valence-corrected chi connectivity index (χ1v) is 5.87. The van der Waals surface area contributed by atoms with Crippen molar-refractivity contribution in [2.75, 3.05) is 6.61 Å². The summed E-state index contributed by atoms with van der Waals surface area (Å²) in [5.41, 5.74) is 0. The molecule has 0 unspecified atom stereocenters. The maximum Gasteiger partial charge on any atom is 1.00 e. The van der Waals surface area contributed by atoms with E-state index in [2.05, 4.69) is 13.8 Å². The van der Waals surface area contributed by atoms with E-state index in [-0.39, 0.29) is 68.4 Å². The van der Waals surface area contributed by atoms with Crippen molar-refractivity contribution >= 4 is 6.29 Å². The van der Waals surface area contributed by atoms with E-state index < -0.39 is 0 Å². The molecule has 0 radical (unpaired) electrons.